The van der Waals surface area contributed by atoms with Crippen LogP contribution in [0.15, 0.2) is 24.2 Å². The maximum absolute atomic E-state index is 11.7. The van der Waals surface area contributed by atoms with E-state index in [1.165, 1.54) is 14.1 Å². The first-order valence-corrected chi connectivity index (χ1v) is 5.05. The lowest BCUT2D eigenvalue weighted by molar-refractivity contribution is 0.527. The summed E-state index contributed by atoms with van der Waals surface area (Å²) in [6.07, 6.45) is 0. The molecule has 1 N–H and O–H groups in total. The zero-order valence-corrected chi connectivity index (χ0v) is 8.49. The van der Waals surface area contributed by atoms with Crippen LogP contribution in [0.5, 0.6) is 0 Å². The number of hydrogen-bond acceptors (Lipinski definition) is 2. The molecular weight excluding hydrogens is 200 g/mol. The SMILES string of the molecule is [2H]c1c([2H])c(C([2H])([2H])[2H])c([2H])c([2H])c1NS(=O)(=O)N(C)C. The highest BCUT2D eigenvalue weighted by Crippen LogP contribution is 2.11. The van der Waals surface area contributed by atoms with Gasteiger partial charge >= 0.3 is 10.2 Å². The lowest BCUT2D eigenvalue weighted by Crippen LogP contribution is -2.28. The van der Waals surface area contributed by atoms with E-state index in [9.17, 15) is 8.42 Å². The normalized spacial score (nSPS) is 19.8. The Bertz CT molecular complexity index is 641. The van der Waals surface area contributed by atoms with Crippen LogP contribution in [-0.4, -0.2) is 26.8 Å². The van der Waals surface area contributed by atoms with Crippen molar-refractivity contribution in [2.75, 3.05) is 18.8 Å². The molecule has 1 aromatic carbocycles. The molecule has 0 fully saturated rings. The summed E-state index contributed by atoms with van der Waals surface area (Å²) >= 11 is 0. The fraction of sp³-hybridized carbons (Fsp3) is 0.333. The summed E-state index contributed by atoms with van der Waals surface area (Å²) in [7, 11) is -1.61. The average molecular weight is 221 g/mol. The average Bonchev–Trinajstić information content (AvgIpc) is 2.30. The number of anilines is 1. The minimum absolute atomic E-state index is 0.591. The van der Waals surface area contributed by atoms with E-state index in [1.54, 1.807) is 0 Å². The standard InChI is InChI=1S/C9H14N2O2S/c1-8-4-6-9(7-5-8)10-14(12,13)11(2)3/h4-7,10H,1-3H3/i1D3,4D,5D,6D,7D. The van der Waals surface area contributed by atoms with Crippen LogP contribution < -0.4 is 4.72 Å². The van der Waals surface area contributed by atoms with Gasteiger partial charge in [-0.1, -0.05) is 17.6 Å². The lowest BCUT2D eigenvalue weighted by atomic mass is 10.2. The summed E-state index contributed by atoms with van der Waals surface area (Å²) in [5, 5.41) is 0. The summed E-state index contributed by atoms with van der Waals surface area (Å²) in [4.78, 5) is 0. The molecular formula is C9H14N2O2S. The van der Waals surface area contributed by atoms with Gasteiger partial charge in [-0.25, -0.2) is 0 Å². The Balaban J connectivity index is 3.60. The first-order chi connectivity index (χ1) is 9.30. The monoisotopic (exact) mass is 221 g/mol. The van der Waals surface area contributed by atoms with Crippen LogP contribution in [0.1, 0.15) is 15.2 Å². The molecule has 0 aliphatic carbocycles. The molecule has 0 aliphatic rings. The number of hydrogen-bond donors (Lipinski definition) is 1. The Morgan fingerprint density at radius 3 is 2.36 bits per heavy atom. The van der Waals surface area contributed by atoms with Crippen molar-refractivity contribution in [1.29, 1.82) is 0 Å². The summed E-state index contributed by atoms with van der Waals surface area (Å²) in [6.45, 7) is -2.83. The van der Waals surface area contributed by atoms with Gasteiger partial charge in [-0.05, 0) is 18.9 Å². The van der Waals surface area contributed by atoms with Gasteiger partial charge in [0.05, 0.1) is 5.48 Å². The van der Waals surface area contributed by atoms with Gasteiger partial charge in [0.2, 0.25) is 0 Å². The minimum Gasteiger partial charge on any atom is -0.271 e. The van der Waals surface area contributed by atoms with E-state index in [-0.39, 0.29) is 0 Å². The zero-order chi connectivity index (χ0) is 16.7. The van der Waals surface area contributed by atoms with Crippen molar-refractivity contribution in [3.8, 4) is 0 Å². The van der Waals surface area contributed by atoms with E-state index >= 15 is 0 Å². The Labute approximate surface area is 94.6 Å². The lowest BCUT2D eigenvalue weighted by Gasteiger charge is -2.13. The highest BCUT2D eigenvalue weighted by Gasteiger charge is 2.11. The van der Waals surface area contributed by atoms with Gasteiger partial charge in [-0.2, -0.15) is 12.7 Å². The van der Waals surface area contributed by atoms with Gasteiger partial charge in [0, 0.05) is 23.9 Å². The molecule has 0 bridgehead atoms. The van der Waals surface area contributed by atoms with Crippen LogP contribution in [0.3, 0.4) is 0 Å². The van der Waals surface area contributed by atoms with Gasteiger partial charge in [-0.15, -0.1) is 0 Å². The molecule has 4 nitrogen and oxygen atoms in total. The fourth-order valence-electron chi connectivity index (χ4n) is 0.584. The topological polar surface area (TPSA) is 49.4 Å². The number of rotatable bonds is 3. The Kier molecular flexibility index (Phi) is 1.32. The van der Waals surface area contributed by atoms with E-state index in [0.717, 1.165) is 4.31 Å². The second-order valence-electron chi connectivity index (χ2n) is 2.64. The van der Waals surface area contributed by atoms with Crippen LogP contribution in [0.4, 0.5) is 5.69 Å². The molecule has 0 radical (unpaired) electrons. The quantitative estimate of drug-likeness (QED) is 0.834. The van der Waals surface area contributed by atoms with E-state index in [2.05, 4.69) is 0 Å². The summed E-state index contributed by atoms with van der Waals surface area (Å²) in [5.41, 5.74) is -1.34. The van der Waals surface area contributed by atoms with Crippen molar-refractivity contribution < 1.29 is 18.0 Å². The summed E-state index contributed by atoms with van der Waals surface area (Å²) in [5.74, 6) is 0. The number of benzene rings is 1. The zero-order valence-electron chi connectivity index (χ0n) is 14.7. The molecule has 0 spiro atoms. The van der Waals surface area contributed by atoms with Crippen molar-refractivity contribution >= 4 is 15.9 Å². The van der Waals surface area contributed by atoms with Crippen LogP contribution >= 0.6 is 0 Å². The van der Waals surface area contributed by atoms with Gasteiger partial charge in [-0.3, -0.25) is 4.72 Å². The summed E-state index contributed by atoms with van der Waals surface area (Å²) < 4.78 is 78.6. The Morgan fingerprint density at radius 2 is 1.93 bits per heavy atom. The van der Waals surface area contributed by atoms with Crippen molar-refractivity contribution in [2.24, 2.45) is 0 Å². The second-order valence-corrected chi connectivity index (χ2v) is 4.52. The first-order valence-electron chi connectivity index (χ1n) is 7.11. The third-order valence-electron chi connectivity index (χ3n) is 1.34. The highest BCUT2D eigenvalue weighted by atomic mass is 32.2. The smallest absolute Gasteiger partial charge is 0.271 e. The molecule has 1 aromatic rings. The molecule has 5 heteroatoms. The molecule has 78 valence electrons. The third kappa shape index (κ3) is 2.71. The van der Waals surface area contributed by atoms with Crippen LogP contribution in [0, 0.1) is 6.85 Å². The minimum atomic E-state index is -4.04. The second kappa shape index (κ2) is 3.98. The van der Waals surface area contributed by atoms with E-state index in [0.29, 0.717) is 0 Å². The first kappa shape index (κ1) is 4.63. The fourth-order valence-corrected chi connectivity index (χ4v) is 1.13. The molecule has 0 aromatic heterocycles. The molecule has 1 rings (SSSR count). The predicted octanol–water partition coefficient (Wildman–Crippen LogP) is 1.21. The summed E-state index contributed by atoms with van der Waals surface area (Å²) in [6, 6.07) is -3.11. The van der Waals surface area contributed by atoms with Gasteiger partial charge in [0.25, 0.3) is 0 Å². The highest BCUT2D eigenvalue weighted by molar-refractivity contribution is 7.90. The maximum Gasteiger partial charge on any atom is 0.301 e. The largest absolute Gasteiger partial charge is 0.301 e. The molecule has 0 heterocycles. The van der Waals surface area contributed by atoms with E-state index in [1.807, 2.05) is 4.72 Å². The number of nitrogens with zero attached hydrogens (tertiary/aromatic N) is 1. The predicted molar refractivity (Wildman–Crippen MR) is 57.4 cm³/mol. The molecule has 0 aliphatic heterocycles. The van der Waals surface area contributed by atoms with Crippen molar-refractivity contribution in [2.45, 2.75) is 6.85 Å². The van der Waals surface area contributed by atoms with Gasteiger partial charge in [0.1, 0.15) is 0 Å². The van der Waals surface area contributed by atoms with Crippen molar-refractivity contribution in [3.05, 3.63) is 29.7 Å². The van der Waals surface area contributed by atoms with Crippen LogP contribution in [-0.2, 0) is 10.2 Å². The molecule has 0 saturated heterocycles. The molecule has 0 atom stereocenters. The van der Waals surface area contributed by atoms with Crippen molar-refractivity contribution in [1.82, 2.24) is 4.31 Å². The van der Waals surface area contributed by atoms with Crippen LogP contribution in [0.2, 0.25) is 0 Å². The van der Waals surface area contributed by atoms with E-state index in [4.69, 9.17) is 9.60 Å². The van der Waals surface area contributed by atoms with Gasteiger partial charge < -0.3 is 0 Å². The van der Waals surface area contributed by atoms with E-state index < -0.39 is 52.5 Å². The Hall–Kier alpha value is -1.07. The third-order valence-corrected chi connectivity index (χ3v) is 2.76. The number of nitrogens with one attached hydrogen (secondary N) is 1. The molecule has 0 amide bonds. The van der Waals surface area contributed by atoms with Crippen LogP contribution in [0.25, 0.3) is 0 Å². The molecule has 0 saturated carbocycles. The molecule has 14 heavy (non-hydrogen) atoms. The van der Waals surface area contributed by atoms with Gasteiger partial charge in [0.15, 0.2) is 0 Å². The molecule has 0 unspecified atom stereocenters. The Morgan fingerprint density at radius 1 is 1.36 bits per heavy atom. The maximum atomic E-state index is 11.7. The van der Waals surface area contributed by atoms with Crippen molar-refractivity contribution in [3.63, 3.8) is 0 Å².